The zero-order valence-electron chi connectivity index (χ0n) is 12.6. The summed E-state index contributed by atoms with van der Waals surface area (Å²) in [6.07, 6.45) is 1.08. The third-order valence-electron chi connectivity index (χ3n) is 3.25. The van der Waals surface area contributed by atoms with E-state index in [0.717, 1.165) is 29.0 Å². The molecule has 1 amide bonds. The molecule has 118 valence electrons. The van der Waals surface area contributed by atoms with Crippen molar-refractivity contribution < 1.29 is 14.3 Å². The van der Waals surface area contributed by atoms with Crippen molar-refractivity contribution in [2.45, 2.75) is 45.9 Å². The summed E-state index contributed by atoms with van der Waals surface area (Å²) in [5.41, 5.74) is 7.60. The van der Waals surface area contributed by atoms with Crippen LogP contribution in [0.2, 0.25) is 0 Å². The van der Waals surface area contributed by atoms with E-state index in [0.29, 0.717) is 13.2 Å². The van der Waals surface area contributed by atoms with E-state index in [1.165, 1.54) is 0 Å². The van der Waals surface area contributed by atoms with Gasteiger partial charge in [-0.25, -0.2) is 0 Å². The lowest BCUT2D eigenvalue weighted by molar-refractivity contribution is -0.122. The Kier molecular flexibility index (Phi) is 6.30. The zero-order valence-corrected chi connectivity index (χ0v) is 13.5. The molecule has 2 rings (SSSR count). The Morgan fingerprint density at radius 3 is 2.90 bits per heavy atom. The van der Waals surface area contributed by atoms with Gasteiger partial charge in [0.25, 0.3) is 0 Å². The number of rotatable bonds is 5. The second-order valence-corrected chi connectivity index (χ2v) is 5.14. The maximum Gasteiger partial charge on any atom is 0.236 e. The fourth-order valence-electron chi connectivity index (χ4n) is 2.25. The van der Waals surface area contributed by atoms with E-state index in [2.05, 4.69) is 5.32 Å². The lowest BCUT2D eigenvalue weighted by Crippen LogP contribution is -2.37. The third-order valence-corrected chi connectivity index (χ3v) is 3.25. The van der Waals surface area contributed by atoms with Gasteiger partial charge in [-0.3, -0.25) is 4.79 Å². The molecule has 6 heteroatoms. The molecule has 0 saturated carbocycles. The van der Waals surface area contributed by atoms with Gasteiger partial charge in [-0.2, -0.15) is 0 Å². The summed E-state index contributed by atoms with van der Waals surface area (Å²) in [6, 6.07) is 3.44. The summed E-state index contributed by atoms with van der Waals surface area (Å²) in [5, 5.41) is 2.80. The molecule has 21 heavy (non-hydrogen) atoms. The number of benzene rings is 1. The van der Waals surface area contributed by atoms with Crippen LogP contribution in [0.3, 0.4) is 0 Å². The fourth-order valence-corrected chi connectivity index (χ4v) is 2.25. The van der Waals surface area contributed by atoms with Crippen molar-refractivity contribution in [3.63, 3.8) is 0 Å². The van der Waals surface area contributed by atoms with Gasteiger partial charge >= 0.3 is 0 Å². The Labute approximate surface area is 131 Å². The monoisotopic (exact) mass is 314 g/mol. The van der Waals surface area contributed by atoms with Crippen LogP contribution in [0.15, 0.2) is 12.1 Å². The van der Waals surface area contributed by atoms with Crippen LogP contribution < -0.4 is 20.5 Å². The Bertz CT molecular complexity index is 506. The Morgan fingerprint density at radius 1 is 1.57 bits per heavy atom. The van der Waals surface area contributed by atoms with E-state index in [-0.39, 0.29) is 24.4 Å². The molecule has 3 N–H and O–H groups in total. The standard InChI is InChI=1S/C15H22N2O3.ClH/c1-4-19-13-6-11-5-9(2)20-14(11)7-12(13)8-17-15(18)10(3)16;/h6-7,9-10H,4-5,8,16H2,1-3H3,(H,17,18);1H/t9?,10-;/m1./s1. The molecule has 0 radical (unpaired) electrons. The maximum absolute atomic E-state index is 11.6. The molecule has 1 aliphatic heterocycles. The zero-order chi connectivity index (χ0) is 14.7. The van der Waals surface area contributed by atoms with Gasteiger partial charge in [-0.1, -0.05) is 0 Å². The molecule has 0 aliphatic carbocycles. The van der Waals surface area contributed by atoms with Crippen molar-refractivity contribution in [1.82, 2.24) is 5.32 Å². The van der Waals surface area contributed by atoms with Gasteiger partial charge in [0, 0.05) is 24.1 Å². The average Bonchev–Trinajstić information content (AvgIpc) is 2.74. The van der Waals surface area contributed by atoms with Crippen LogP contribution in [-0.2, 0) is 17.8 Å². The molecule has 1 aliphatic rings. The number of nitrogens with two attached hydrogens (primary N) is 1. The number of hydrogen-bond donors (Lipinski definition) is 2. The summed E-state index contributed by atoms with van der Waals surface area (Å²) >= 11 is 0. The molecule has 1 aromatic rings. The second kappa shape index (κ2) is 7.52. The molecule has 0 bridgehead atoms. The molecule has 1 aromatic carbocycles. The molecular formula is C15H23ClN2O3. The molecule has 0 saturated heterocycles. The predicted octanol–water partition coefficient (Wildman–Crippen LogP) is 1.79. The van der Waals surface area contributed by atoms with Crippen LogP contribution in [-0.4, -0.2) is 24.7 Å². The highest BCUT2D eigenvalue weighted by Crippen LogP contribution is 2.35. The first-order valence-corrected chi connectivity index (χ1v) is 6.99. The minimum atomic E-state index is -0.517. The summed E-state index contributed by atoms with van der Waals surface area (Å²) in [7, 11) is 0. The number of halogens is 1. The minimum absolute atomic E-state index is 0. The Balaban J connectivity index is 0.00000220. The molecule has 2 atom stereocenters. The molecular weight excluding hydrogens is 292 g/mol. The highest BCUT2D eigenvalue weighted by molar-refractivity contribution is 5.85. The number of fused-ring (bicyclic) bond motifs is 1. The van der Waals surface area contributed by atoms with Crippen molar-refractivity contribution in [2.75, 3.05) is 6.61 Å². The minimum Gasteiger partial charge on any atom is -0.494 e. The number of amides is 1. The Morgan fingerprint density at radius 2 is 2.29 bits per heavy atom. The van der Waals surface area contributed by atoms with Gasteiger partial charge in [0.2, 0.25) is 5.91 Å². The van der Waals surface area contributed by atoms with Gasteiger partial charge < -0.3 is 20.5 Å². The first kappa shape index (κ1) is 17.6. The molecule has 0 fully saturated rings. The van der Waals surface area contributed by atoms with Crippen LogP contribution >= 0.6 is 12.4 Å². The Hall–Kier alpha value is -1.46. The van der Waals surface area contributed by atoms with Crippen LogP contribution in [0, 0.1) is 0 Å². The van der Waals surface area contributed by atoms with E-state index >= 15 is 0 Å². The smallest absolute Gasteiger partial charge is 0.236 e. The maximum atomic E-state index is 11.6. The number of hydrogen-bond acceptors (Lipinski definition) is 4. The average molecular weight is 315 g/mol. The number of carbonyl (C=O) groups excluding carboxylic acids is 1. The van der Waals surface area contributed by atoms with E-state index in [4.69, 9.17) is 15.2 Å². The van der Waals surface area contributed by atoms with E-state index in [9.17, 15) is 4.79 Å². The largest absolute Gasteiger partial charge is 0.494 e. The first-order valence-electron chi connectivity index (χ1n) is 6.99. The highest BCUT2D eigenvalue weighted by Gasteiger charge is 2.22. The summed E-state index contributed by atoms with van der Waals surface area (Å²) in [6.45, 7) is 6.62. The lowest BCUT2D eigenvalue weighted by atomic mass is 10.1. The highest BCUT2D eigenvalue weighted by atomic mass is 35.5. The first-order chi connectivity index (χ1) is 9.51. The topological polar surface area (TPSA) is 73.6 Å². The summed E-state index contributed by atoms with van der Waals surface area (Å²) in [5.74, 6) is 1.50. The van der Waals surface area contributed by atoms with E-state index < -0.39 is 6.04 Å². The molecule has 0 aromatic heterocycles. The van der Waals surface area contributed by atoms with Crippen molar-refractivity contribution >= 4 is 18.3 Å². The quantitative estimate of drug-likeness (QED) is 0.869. The van der Waals surface area contributed by atoms with Crippen molar-refractivity contribution in [3.8, 4) is 11.5 Å². The number of nitrogens with one attached hydrogen (secondary N) is 1. The molecule has 5 nitrogen and oxygen atoms in total. The molecule has 1 heterocycles. The van der Waals surface area contributed by atoms with Crippen LogP contribution in [0.5, 0.6) is 11.5 Å². The third kappa shape index (κ3) is 4.25. The van der Waals surface area contributed by atoms with Crippen LogP contribution in [0.4, 0.5) is 0 Å². The lowest BCUT2D eigenvalue weighted by Gasteiger charge is -2.14. The fraction of sp³-hybridized carbons (Fsp3) is 0.533. The van der Waals surface area contributed by atoms with Crippen molar-refractivity contribution in [3.05, 3.63) is 23.3 Å². The van der Waals surface area contributed by atoms with Crippen molar-refractivity contribution in [1.29, 1.82) is 0 Å². The molecule has 1 unspecified atom stereocenters. The number of carbonyl (C=O) groups is 1. The van der Waals surface area contributed by atoms with Crippen molar-refractivity contribution in [2.24, 2.45) is 5.73 Å². The van der Waals surface area contributed by atoms with Gasteiger partial charge in [-0.15, -0.1) is 12.4 Å². The second-order valence-electron chi connectivity index (χ2n) is 5.14. The molecule has 0 spiro atoms. The van der Waals surface area contributed by atoms with Gasteiger partial charge in [0.05, 0.1) is 12.6 Å². The van der Waals surface area contributed by atoms with Crippen LogP contribution in [0.25, 0.3) is 0 Å². The SMILES string of the molecule is CCOc1cc2c(cc1CNC(=O)[C@@H](C)N)OC(C)C2.Cl. The summed E-state index contributed by atoms with van der Waals surface area (Å²) < 4.78 is 11.4. The van der Waals surface area contributed by atoms with E-state index in [1.807, 2.05) is 26.0 Å². The van der Waals surface area contributed by atoms with Gasteiger partial charge in [0.1, 0.15) is 17.6 Å². The van der Waals surface area contributed by atoms with Crippen LogP contribution in [0.1, 0.15) is 31.9 Å². The predicted molar refractivity (Wildman–Crippen MR) is 84.1 cm³/mol. The van der Waals surface area contributed by atoms with Gasteiger partial charge in [0.15, 0.2) is 0 Å². The number of ether oxygens (including phenoxy) is 2. The van der Waals surface area contributed by atoms with E-state index in [1.54, 1.807) is 6.92 Å². The van der Waals surface area contributed by atoms with Gasteiger partial charge in [-0.05, 0) is 32.9 Å². The summed E-state index contributed by atoms with van der Waals surface area (Å²) in [4.78, 5) is 11.6. The normalized spacial score (nSPS) is 17.2.